The van der Waals surface area contributed by atoms with Gasteiger partial charge in [-0.3, -0.25) is 4.98 Å². The highest BCUT2D eigenvalue weighted by Gasteiger charge is 2.39. The molecule has 0 unspecified atom stereocenters. The summed E-state index contributed by atoms with van der Waals surface area (Å²) in [6.07, 6.45) is 2.31. The Labute approximate surface area is 168 Å². The summed E-state index contributed by atoms with van der Waals surface area (Å²) in [5.41, 5.74) is 3.37. The molecule has 0 atom stereocenters. The van der Waals surface area contributed by atoms with Crippen molar-refractivity contribution in [1.29, 1.82) is 0 Å². The smallest absolute Gasteiger partial charge is 0.266 e. The van der Waals surface area contributed by atoms with E-state index in [1.165, 1.54) is 10.4 Å². The van der Waals surface area contributed by atoms with Crippen LogP contribution in [0.5, 0.6) is 0 Å². The number of sulfonamides is 1. The standard InChI is InChI=1S/C20H20F2N4O2S.H2/c21-20(22)6-10-25(13-20)19-5-4-14(29(27,28)26-8-2-9-26)11-15(19)17-12-18-16(24-17)3-1-7-23-18;/h1,3-5,7,11-12,24H,2,6,8-10,13H2;1H. The number of halogens is 2. The van der Waals surface area contributed by atoms with Crippen LogP contribution in [0, 0.1) is 0 Å². The maximum Gasteiger partial charge on any atom is 0.266 e. The van der Waals surface area contributed by atoms with E-state index in [2.05, 4.69) is 9.97 Å². The van der Waals surface area contributed by atoms with Crippen LogP contribution in [0.25, 0.3) is 22.3 Å². The number of H-pyrrole nitrogens is 1. The number of nitrogens with zero attached hydrogens (tertiary/aromatic N) is 3. The minimum atomic E-state index is -3.59. The number of hydrogen-bond acceptors (Lipinski definition) is 4. The van der Waals surface area contributed by atoms with E-state index in [1.54, 1.807) is 29.3 Å². The van der Waals surface area contributed by atoms with Gasteiger partial charge in [0, 0.05) is 44.9 Å². The van der Waals surface area contributed by atoms with Gasteiger partial charge in [0.25, 0.3) is 5.92 Å². The topological polar surface area (TPSA) is 69.3 Å². The quantitative estimate of drug-likeness (QED) is 0.699. The van der Waals surface area contributed by atoms with Crippen molar-refractivity contribution in [2.24, 2.45) is 0 Å². The lowest BCUT2D eigenvalue weighted by Gasteiger charge is -2.30. The van der Waals surface area contributed by atoms with Crippen molar-refractivity contribution < 1.29 is 18.6 Å². The lowest BCUT2D eigenvalue weighted by molar-refractivity contribution is 0.0257. The number of aromatic nitrogens is 2. The molecule has 3 aromatic rings. The number of pyridine rings is 1. The fraction of sp³-hybridized carbons (Fsp3) is 0.350. The van der Waals surface area contributed by atoms with Crippen LogP contribution in [0.2, 0.25) is 0 Å². The fourth-order valence-corrected chi connectivity index (χ4v) is 5.43. The molecule has 2 aliphatic rings. The van der Waals surface area contributed by atoms with Crippen LogP contribution >= 0.6 is 0 Å². The molecule has 1 aromatic carbocycles. The van der Waals surface area contributed by atoms with Gasteiger partial charge in [-0.2, -0.15) is 4.31 Å². The predicted octanol–water partition coefficient (Wildman–Crippen LogP) is 3.72. The number of fused-ring (bicyclic) bond motifs is 1. The molecular weight excluding hydrogens is 398 g/mol. The summed E-state index contributed by atoms with van der Waals surface area (Å²) < 4.78 is 54.9. The van der Waals surface area contributed by atoms with Crippen molar-refractivity contribution >= 4 is 26.7 Å². The molecule has 2 aromatic heterocycles. The van der Waals surface area contributed by atoms with E-state index in [0.717, 1.165) is 17.5 Å². The highest BCUT2D eigenvalue weighted by atomic mass is 32.2. The number of benzene rings is 1. The highest BCUT2D eigenvalue weighted by Crippen LogP contribution is 2.39. The average Bonchev–Trinajstić information content (AvgIpc) is 3.22. The first-order chi connectivity index (χ1) is 13.8. The van der Waals surface area contributed by atoms with Crippen LogP contribution in [-0.4, -0.2) is 54.8 Å². The van der Waals surface area contributed by atoms with E-state index in [1.807, 2.05) is 12.1 Å². The Morgan fingerprint density at radius 1 is 1.14 bits per heavy atom. The summed E-state index contributed by atoms with van der Waals surface area (Å²) in [6.45, 7) is 0.857. The lowest BCUT2D eigenvalue weighted by Crippen LogP contribution is -2.41. The molecule has 0 spiro atoms. The summed E-state index contributed by atoms with van der Waals surface area (Å²) in [5, 5.41) is 0. The van der Waals surface area contributed by atoms with Crippen LogP contribution in [0.15, 0.2) is 47.5 Å². The molecule has 1 N–H and O–H groups in total. The maximum atomic E-state index is 13.8. The molecule has 0 bridgehead atoms. The molecule has 5 rings (SSSR count). The number of aromatic amines is 1. The SMILES string of the molecule is O=S(=O)(c1ccc(N2CCC(F)(F)C2)c(-c2cc3ncccc3[nH]2)c1)N1CCC1.[HH]. The first kappa shape index (κ1) is 18.5. The summed E-state index contributed by atoms with van der Waals surface area (Å²) >= 11 is 0. The zero-order chi connectivity index (χ0) is 20.2. The van der Waals surface area contributed by atoms with E-state index in [9.17, 15) is 17.2 Å². The van der Waals surface area contributed by atoms with Gasteiger partial charge in [0.1, 0.15) is 0 Å². The Hall–Kier alpha value is -2.52. The summed E-state index contributed by atoms with van der Waals surface area (Å²) in [6, 6.07) is 10.2. The molecule has 0 radical (unpaired) electrons. The second kappa shape index (κ2) is 6.50. The number of rotatable bonds is 4. The number of anilines is 1. The van der Waals surface area contributed by atoms with Gasteiger partial charge in [-0.05, 0) is 42.8 Å². The molecule has 0 aliphatic carbocycles. The third-order valence-electron chi connectivity index (χ3n) is 5.61. The van der Waals surface area contributed by atoms with Crippen LogP contribution in [-0.2, 0) is 10.0 Å². The van der Waals surface area contributed by atoms with Gasteiger partial charge in [0.2, 0.25) is 10.0 Å². The first-order valence-corrected chi connectivity index (χ1v) is 11.0. The summed E-state index contributed by atoms with van der Waals surface area (Å²) in [4.78, 5) is 9.35. The van der Waals surface area contributed by atoms with Crippen molar-refractivity contribution in [3.8, 4) is 11.3 Å². The molecule has 154 valence electrons. The summed E-state index contributed by atoms with van der Waals surface area (Å²) in [7, 11) is -3.59. The van der Waals surface area contributed by atoms with E-state index >= 15 is 0 Å². The maximum absolute atomic E-state index is 13.8. The van der Waals surface area contributed by atoms with Crippen molar-refractivity contribution in [3.05, 3.63) is 42.6 Å². The van der Waals surface area contributed by atoms with Crippen LogP contribution in [0.4, 0.5) is 14.5 Å². The van der Waals surface area contributed by atoms with Gasteiger partial charge in [0.15, 0.2) is 0 Å². The Kier molecular flexibility index (Phi) is 4.15. The van der Waals surface area contributed by atoms with E-state index in [0.29, 0.717) is 30.0 Å². The van der Waals surface area contributed by atoms with Gasteiger partial charge < -0.3 is 9.88 Å². The van der Waals surface area contributed by atoms with Crippen molar-refractivity contribution in [3.63, 3.8) is 0 Å². The normalized spacial score (nSPS) is 19.6. The Morgan fingerprint density at radius 2 is 1.97 bits per heavy atom. The average molecular weight is 420 g/mol. The number of alkyl halides is 2. The van der Waals surface area contributed by atoms with Crippen molar-refractivity contribution in [2.45, 2.75) is 23.7 Å². The second-order valence-electron chi connectivity index (χ2n) is 7.58. The third kappa shape index (κ3) is 3.18. The van der Waals surface area contributed by atoms with Crippen molar-refractivity contribution in [2.75, 3.05) is 31.1 Å². The Morgan fingerprint density at radius 3 is 2.62 bits per heavy atom. The molecule has 2 fully saturated rings. The third-order valence-corrected chi connectivity index (χ3v) is 7.50. The Balaban J connectivity index is 0.00000218. The van der Waals surface area contributed by atoms with Gasteiger partial charge in [-0.1, -0.05) is 0 Å². The molecule has 9 heteroatoms. The highest BCUT2D eigenvalue weighted by molar-refractivity contribution is 7.89. The van der Waals surface area contributed by atoms with E-state index in [4.69, 9.17) is 0 Å². The second-order valence-corrected chi connectivity index (χ2v) is 9.52. The Bertz CT molecular complexity index is 1160. The monoisotopic (exact) mass is 420 g/mol. The number of nitrogens with one attached hydrogen (secondary N) is 1. The van der Waals surface area contributed by atoms with E-state index < -0.39 is 15.9 Å². The van der Waals surface area contributed by atoms with Gasteiger partial charge in [0.05, 0.1) is 28.2 Å². The largest absolute Gasteiger partial charge is 0.365 e. The first-order valence-electron chi connectivity index (χ1n) is 9.55. The van der Waals surface area contributed by atoms with Crippen molar-refractivity contribution in [1.82, 2.24) is 14.3 Å². The minimum Gasteiger partial charge on any atom is -0.365 e. The molecule has 29 heavy (non-hydrogen) atoms. The molecule has 0 saturated carbocycles. The fourth-order valence-electron chi connectivity index (χ4n) is 3.89. The molecule has 2 saturated heterocycles. The molecule has 2 aliphatic heterocycles. The van der Waals surface area contributed by atoms with Gasteiger partial charge >= 0.3 is 0 Å². The van der Waals surface area contributed by atoms with Gasteiger partial charge in [-0.25, -0.2) is 17.2 Å². The summed E-state index contributed by atoms with van der Waals surface area (Å²) in [5.74, 6) is -2.75. The zero-order valence-electron chi connectivity index (χ0n) is 15.6. The molecule has 4 heterocycles. The zero-order valence-corrected chi connectivity index (χ0v) is 16.4. The number of hydrogen-bond donors (Lipinski definition) is 1. The van der Waals surface area contributed by atoms with E-state index in [-0.39, 0.29) is 25.8 Å². The van der Waals surface area contributed by atoms with Crippen LogP contribution in [0.1, 0.15) is 14.3 Å². The van der Waals surface area contributed by atoms with Crippen LogP contribution in [0.3, 0.4) is 0 Å². The van der Waals surface area contributed by atoms with Gasteiger partial charge in [-0.15, -0.1) is 0 Å². The lowest BCUT2D eigenvalue weighted by atomic mass is 10.1. The minimum absolute atomic E-state index is 0. The van der Waals surface area contributed by atoms with Crippen LogP contribution < -0.4 is 4.90 Å². The predicted molar refractivity (Wildman–Crippen MR) is 109 cm³/mol. The molecule has 0 amide bonds. The molecule has 6 nitrogen and oxygen atoms in total. The molecular formula is C20H22F2N4O2S.